The Labute approximate surface area is 101 Å². The Morgan fingerprint density at radius 1 is 1.06 bits per heavy atom. The molecule has 0 radical (unpaired) electrons. The zero-order chi connectivity index (χ0) is 11.5. The van der Waals surface area contributed by atoms with Crippen LogP contribution in [0.1, 0.15) is 58.8 Å². The molecule has 2 atom stereocenters. The summed E-state index contributed by atoms with van der Waals surface area (Å²) in [6.07, 6.45) is 9.44. The van der Waals surface area contributed by atoms with E-state index < -0.39 is 0 Å². The molecule has 0 amide bonds. The van der Waals surface area contributed by atoms with Gasteiger partial charge in [-0.1, -0.05) is 20.3 Å². The first-order valence-electron chi connectivity index (χ1n) is 7.23. The zero-order valence-electron chi connectivity index (χ0n) is 11.0. The minimum absolute atomic E-state index is 0.482. The van der Waals surface area contributed by atoms with E-state index in [1.165, 1.54) is 51.5 Å². The molecular formula is C14H28N2. The van der Waals surface area contributed by atoms with Gasteiger partial charge in [0.1, 0.15) is 0 Å². The fraction of sp³-hybridized carbons (Fsp3) is 1.00. The molecule has 2 rings (SSSR count). The number of nitrogens with two attached hydrogens (primary N) is 1. The van der Waals surface area contributed by atoms with Crippen LogP contribution < -0.4 is 5.73 Å². The van der Waals surface area contributed by atoms with Crippen LogP contribution in [0.3, 0.4) is 0 Å². The summed E-state index contributed by atoms with van der Waals surface area (Å²) >= 11 is 0. The van der Waals surface area contributed by atoms with Crippen molar-refractivity contribution in [2.45, 2.75) is 76.9 Å². The van der Waals surface area contributed by atoms with Crippen LogP contribution in [0.15, 0.2) is 0 Å². The van der Waals surface area contributed by atoms with Gasteiger partial charge in [-0.25, -0.2) is 0 Å². The van der Waals surface area contributed by atoms with E-state index in [4.69, 9.17) is 5.73 Å². The number of hydrogen-bond acceptors (Lipinski definition) is 2. The number of hydrogen-bond donors (Lipinski definition) is 1. The third kappa shape index (κ3) is 2.60. The Kier molecular flexibility index (Phi) is 4.26. The highest BCUT2D eigenvalue weighted by Crippen LogP contribution is 2.33. The highest BCUT2D eigenvalue weighted by molar-refractivity contribution is 4.89. The van der Waals surface area contributed by atoms with Gasteiger partial charge in [-0.05, 0) is 51.0 Å². The predicted molar refractivity (Wildman–Crippen MR) is 69.4 cm³/mol. The van der Waals surface area contributed by atoms with Gasteiger partial charge in [0, 0.05) is 18.1 Å². The van der Waals surface area contributed by atoms with Crippen LogP contribution in [0.25, 0.3) is 0 Å². The first-order chi connectivity index (χ1) is 7.72. The van der Waals surface area contributed by atoms with Gasteiger partial charge in [-0.2, -0.15) is 0 Å². The average molecular weight is 224 g/mol. The van der Waals surface area contributed by atoms with Crippen LogP contribution in [0, 0.1) is 5.92 Å². The average Bonchev–Trinajstić information content (AvgIpc) is 2.69. The van der Waals surface area contributed by atoms with Crippen molar-refractivity contribution in [2.24, 2.45) is 11.7 Å². The molecule has 2 saturated carbocycles. The lowest BCUT2D eigenvalue weighted by Gasteiger charge is -2.40. The Morgan fingerprint density at radius 2 is 1.75 bits per heavy atom. The van der Waals surface area contributed by atoms with Crippen LogP contribution in [-0.2, 0) is 0 Å². The molecule has 2 heteroatoms. The fourth-order valence-electron chi connectivity index (χ4n) is 3.82. The van der Waals surface area contributed by atoms with Crippen LogP contribution in [0.4, 0.5) is 0 Å². The van der Waals surface area contributed by atoms with Crippen molar-refractivity contribution in [3.8, 4) is 0 Å². The summed E-state index contributed by atoms with van der Waals surface area (Å²) in [4.78, 5) is 2.80. The molecule has 94 valence electrons. The maximum atomic E-state index is 6.00. The van der Waals surface area contributed by atoms with E-state index in [1.807, 2.05) is 0 Å². The molecule has 16 heavy (non-hydrogen) atoms. The Hall–Kier alpha value is -0.0800. The van der Waals surface area contributed by atoms with Crippen molar-refractivity contribution in [2.75, 3.05) is 6.54 Å². The van der Waals surface area contributed by atoms with Crippen molar-refractivity contribution < 1.29 is 0 Å². The lowest BCUT2D eigenvalue weighted by molar-refractivity contribution is 0.0882. The molecule has 0 saturated heterocycles. The van der Waals surface area contributed by atoms with Gasteiger partial charge < -0.3 is 5.73 Å². The van der Waals surface area contributed by atoms with E-state index in [0.717, 1.165) is 18.0 Å². The third-order valence-corrected chi connectivity index (χ3v) is 4.82. The van der Waals surface area contributed by atoms with Gasteiger partial charge in [-0.15, -0.1) is 0 Å². The molecule has 2 fully saturated rings. The minimum Gasteiger partial charge on any atom is -0.328 e. The second-order valence-electron chi connectivity index (χ2n) is 5.87. The quantitative estimate of drug-likeness (QED) is 0.798. The summed E-state index contributed by atoms with van der Waals surface area (Å²) in [5, 5.41) is 0. The molecule has 2 unspecified atom stereocenters. The molecule has 2 N–H and O–H groups in total. The summed E-state index contributed by atoms with van der Waals surface area (Å²) < 4.78 is 0. The topological polar surface area (TPSA) is 29.3 Å². The second-order valence-corrected chi connectivity index (χ2v) is 5.87. The Bertz CT molecular complexity index is 209. The predicted octanol–water partition coefficient (Wildman–Crippen LogP) is 2.77. The van der Waals surface area contributed by atoms with Crippen molar-refractivity contribution in [1.29, 1.82) is 0 Å². The lowest BCUT2D eigenvalue weighted by atomic mass is 9.89. The van der Waals surface area contributed by atoms with Gasteiger partial charge in [0.25, 0.3) is 0 Å². The van der Waals surface area contributed by atoms with Crippen molar-refractivity contribution in [3.05, 3.63) is 0 Å². The minimum atomic E-state index is 0.482. The highest BCUT2D eigenvalue weighted by atomic mass is 15.2. The van der Waals surface area contributed by atoms with E-state index in [0.29, 0.717) is 6.04 Å². The zero-order valence-corrected chi connectivity index (χ0v) is 11.0. The van der Waals surface area contributed by atoms with Gasteiger partial charge in [-0.3, -0.25) is 4.90 Å². The molecular weight excluding hydrogens is 196 g/mol. The van der Waals surface area contributed by atoms with Crippen LogP contribution in [0.2, 0.25) is 0 Å². The first-order valence-corrected chi connectivity index (χ1v) is 7.23. The monoisotopic (exact) mass is 224 g/mol. The van der Waals surface area contributed by atoms with Crippen LogP contribution in [-0.4, -0.2) is 29.6 Å². The summed E-state index contributed by atoms with van der Waals surface area (Å²) in [6.45, 7) is 6.00. The molecule has 0 bridgehead atoms. The van der Waals surface area contributed by atoms with Crippen molar-refractivity contribution >= 4 is 0 Å². The number of rotatable bonds is 3. The smallest absolute Gasteiger partial charge is 0.0124 e. The summed E-state index contributed by atoms with van der Waals surface area (Å²) in [6, 6.07) is 2.18. The summed E-state index contributed by atoms with van der Waals surface area (Å²) in [5.74, 6) is 0.913. The molecule has 0 aromatic rings. The van der Waals surface area contributed by atoms with Crippen molar-refractivity contribution in [3.63, 3.8) is 0 Å². The van der Waals surface area contributed by atoms with Gasteiger partial charge in [0.2, 0.25) is 0 Å². The van der Waals surface area contributed by atoms with E-state index >= 15 is 0 Å². The van der Waals surface area contributed by atoms with Crippen LogP contribution >= 0.6 is 0 Å². The molecule has 0 spiro atoms. The Morgan fingerprint density at radius 3 is 2.25 bits per heavy atom. The normalized spacial score (nSPS) is 40.5. The highest BCUT2D eigenvalue weighted by Gasteiger charge is 2.33. The van der Waals surface area contributed by atoms with Gasteiger partial charge >= 0.3 is 0 Å². The van der Waals surface area contributed by atoms with Gasteiger partial charge in [0.05, 0.1) is 0 Å². The van der Waals surface area contributed by atoms with Crippen LogP contribution in [0.5, 0.6) is 0 Å². The molecule has 0 aromatic heterocycles. The largest absolute Gasteiger partial charge is 0.328 e. The van der Waals surface area contributed by atoms with Gasteiger partial charge in [0.15, 0.2) is 0 Å². The lowest BCUT2D eigenvalue weighted by Crippen LogP contribution is -2.47. The van der Waals surface area contributed by atoms with E-state index in [2.05, 4.69) is 18.7 Å². The van der Waals surface area contributed by atoms with E-state index in [1.54, 1.807) is 0 Å². The van der Waals surface area contributed by atoms with E-state index in [-0.39, 0.29) is 0 Å². The molecule has 0 heterocycles. The van der Waals surface area contributed by atoms with Crippen molar-refractivity contribution in [1.82, 2.24) is 4.90 Å². The maximum absolute atomic E-state index is 6.00. The standard InChI is InChI=1S/C14H28N2/c1-3-16(14-6-4-5-11(14)2)13-9-7-12(15)8-10-13/h11-14H,3-10,15H2,1-2H3. The SMILES string of the molecule is CCN(C1CCC(N)CC1)C1CCCC1C. The molecule has 2 aliphatic carbocycles. The molecule has 0 aliphatic heterocycles. The first kappa shape index (κ1) is 12.4. The maximum Gasteiger partial charge on any atom is 0.0124 e. The summed E-state index contributed by atoms with van der Waals surface area (Å²) in [5.41, 5.74) is 6.00. The number of nitrogens with zero attached hydrogens (tertiary/aromatic N) is 1. The summed E-state index contributed by atoms with van der Waals surface area (Å²) in [7, 11) is 0. The molecule has 0 aromatic carbocycles. The fourth-order valence-corrected chi connectivity index (χ4v) is 3.82. The molecule has 2 nitrogen and oxygen atoms in total. The Balaban J connectivity index is 1.93. The molecule has 2 aliphatic rings. The van der Waals surface area contributed by atoms with E-state index in [9.17, 15) is 0 Å². The third-order valence-electron chi connectivity index (χ3n) is 4.82. The second kappa shape index (κ2) is 5.50.